The van der Waals surface area contributed by atoms with E-state index in [-0.39, 0.29) is 5.69 Å². The molecular weight excluding hydrogens is 274 g/mol. The number of likely N-dealkylation sites (N-methyl/N-ethyl adjacent to an activating group) is 1. The molecule has 0 unspecified atom stereocenters. The lowest BCUT2D eigenvalue weighted by Crippen LogP contribution is -2.29. The number of aryl methyl sites for hydroxylation is 1. The Balaban J connectivity index is 2.47. The van der Waals surface area contributed by atoms with E-state index in [1.807, 2.05) is 4.57 Å². The van der Waals surface area contributed by atoms with Gasteiger partial charge in [-0.15, -0.1) is 0 Å². The molecule has 110 valence electrons. The highest BCUT2D eigenvalue weighted by Crippen LogP contribution is 2.11. The summed E-state index contributed by atoms with van der Waals surface area (Å²) in [5, 5.41) is 0. The Morgan fingerprint density at radius 3 is 2.50 bits per heavy atom. The number of nitrogens with zero attached hydrogens (tertiary/aromatic N) is 5. The molecule has 0 spiro atoms. The summed E-state index contributed by atoms with van der Waals surface area (Å²) in [7, 11) is 3.42. The first-order chi connectivity index (χ1) is 9.51. The Morgan fingerprint density at radius 2 is 1.90 bits per heavy atom. The molecule has 0 aliphatic heterocycles. The van der Waals surface area contributed by atoms with E-state index in [0.29, 0.717) is 10.3 Å². The fraction of sp³-hybridized carbons (Fsp3) is 0.615. The van der Waals surface area contributed by atoms with Gasteiger partial charge in [-0.05, 0) is 13.1 Å². The summed E-state index contributed by atoms with van der Waals surface area (Å²) in [6.07, 6.45) is 1.77. The highest BCUT2D eigenvalue weighted by Gasteiger charge is 2.12. The summed E-state index contributed by atoms with van der Waals surface area (Å²) in [5.74, 6) is 0. The van der Waals surface area contributed by atoms with Crippen molar-refractivity contribution in [1.82, 2.24) is 23.6 Å². The van der Waals surface area contributed by atoms with Crippen LogP contribution >= 0.6 is 12.2 Å². The predicted octanol–water partition coefficient (Wildman–Crippen LogP) is 1.14. The summed E-state index contributed by atoms with van der Waals surface area (Å²) >= 11 is 5.40. The maximum Gasteiger partial charge on any atom is 0.330 e. The molecule has 2 heterocycles. The van der Waals surface area contributed by atoms with Crippen LogP contribution in [0.1, 0.15) is 13.8 Å². The van der Waals surface area contributed by atoms with Crippen molar-refractivity contribution in [2.75, 3.05) is 19.6 Å². The number of hydrogen-bond acceptors (Lipinski definition) is 4. The van der Waals surface area contributed by atoms with Crippen LogP contribution in [-0.2, 0) is 20.6 Å². The van der Waals surface area contributed by atoms with Crippen LogP contribution < -0.4 is 5.69 Å². The topological polar surface area (TPSA) is 48.0 Å². The third-order valence-corrected chi connectivity index (χ3v) is 4.24. The molecule has 0 aliphatic carbocycles. The van der Waals surface area contributed by atoms with Gasteiger partial charge in [0.05, 0.1) is 6.33 Å². The molecule has 0 aromatic carbocycles. The van der Waals surface area contributed by atoms with E-state index in [0.717, 1.165) is 31.7 Å². The van der Waals surface area contributed by atoms with E-state index in [4.69, 9.17) is 12.2 Å². The van der Waals surface area contributed by atoms with Crippen LogP contribution in [0.3, 0.4) is 0 Å². The summed E-state index contributed by atoms with van der Waals surface area (Å²) < 4.78 is 5.61. The van der Waals surface area contributed by atoms with Crippen molar-refractivity contribution < 1.29 is 0 Å². The highest BCUT2D eigenvalue weighted by molar-refractivity contribution is 7.71. The number of hydrogen-bond donors (Lipinski definition) is 0. The van der Waals surface area contributed by atoms with Crippen molar-refractivity contribution in [1.29, 1.82) is 0 Å². The molecule has 0 saturated carbocycles. The van der Waals surface area contributed by atoms with E-state index in [2.05, 4.69) is 23.7 Å². The predicted molar refractivity (Wildman–Crippen MR) is 82.6 cm³/mol. The number of aromatic nitrogens is 4. The number of fused-ring (bicyclic) bond motifs is 1. The Bertz CT molecular complexity index is 723. The Hall–Kier alpha value is -1.47. The zero-order valence-electron chi connectivity index (χ0n) is 12.5. The summed E-state index contributed by atoms with van der Waals surface area (Å²) in [4.78, 5) is 18.7. The zero-order chi connectivity index (χ0) is 14.9. The van der Waals surface area contributed by atoms with Crippen molar-refractivity contribution in [2.24, 2.45) is 14.1 Å². The Labute approximate surface area is 123 Å². The third kappa shape index (κ3) is 2.43. The van der Waals surface area contributed by atoms with Crippen LogP contribution in [0, 0.1) is 4.64 Å². The van der Waals surface area contributed by atoms with Gasteiger partial charge in [0.1, 0.15) is 10.2 Å². The lowest BCUT2D eigenvalue weighted by Gasteiger charge is -2.18. The first-order valence-electron chi connectivity index (χ1n) is 6.84. The van der Waals surface area contributed by atoms with Crippen molar-refractivity contribution in [3.8, 4) is 0 Å². The van der Waals surface area contributed by atoms with Crippen LogP contribution in [0.15, 0.2) is 11.1 Å². The molecule has 2 aromatic rings. The average Bonchev–Trinajstić information content (AvgIpc) is 2.88. The van der Waals surface area contributed by atoms with Crippen LogP contribution in [-0.4, -0.2) is 43.2 Å². The fourth-order valence-corrected chi connectivity index (χ4v) is 2.64. The molecule has 0 N–H and O–H groups in total. The maximum atomic E-state index is 12.0. The summed E-state index contributed by atoms with van der Waals surface area (Å²) in [6.45, 7) is 8.11. The largest absolute Gasteiger partial charge is 0.330 e. The molecule has 0 aliphatic rings. The minimum absolute atomic E-state index is 0.142. The summed E-state index contributed by atoms with van der Waals surface area (Å²) in [5.41, 5.74) is 1.37. The molecule has 0 radical (unpaired) electrons. The van der Waals surface area contributed by atoms with Gasteiger partial charge in [-0.2, -0.15) is 0 Å². The van der Waals surface area contributed by atoms with Crippen molar-refractivity contribution in [3.63, 3.8) is 0 Å². The van der Waals surface area contributed by atoms with Crippen LogP contribution in [0.2, 0.25) is 0 Å². The van der Waals surface area contributed by atoms with Gasteiger partial charge in [0.2, 0.25) is 0 Å². The Morgan fingerprint density at radius 1 is 1.25 bits per heavy atom. The standard InChI is InChI=1S/C13H21N5OS/c1-5-17(6-2)7-8-18-9-14-11-10(18)12(20)16(4)13(19)15(11)3/h9H,5-8H2,1-4H3. The minimum Gasteiger partial charge on any atom is -0.326 e. The molecule has 0 atom stereocenters. The lowest BCUT2D eigenvalue weighted by atomic mass is 10.4. The second-order valence-corrected chi connectivity index (χ2v) is 5.23. The first kappa shape index (κ1) is 14.9. The third-order valence-electron chi connectivity index (χ3n) is 3.77. The van der Waals surface area contributed by atoms with Gasteiger partial charge in [0.25, 0.3) is 0 Å². The zero-order valence-corrected chi connectivity index (χ0v) is 13.3. The van der Waals surface area contributed by atoms with E-state index >= 15 is 0 Å². The summed E-state index contributed by atoms with van der Waals surface area (Å²) in [6, 6.07) is 0. The van der Waals surface area contributed by atoms with Crippen molar-refractivity contribution in [3.05, 3.63) is 21.5 Å². The van der Waals surface area contributed by atoms with E-state index in [9.17, 15) is 4.79 Å². The Kier molecular flexibility index (Phi) is 4.39. The highest BCUT2D eigenvalue weighted by atomic mass is 32.1. The second kappa shape index (κ2) is 5.88. The molecule has 0 amide bonds. The van der Waals surface area contributed by atoms with Gasteiger partial charge in [0, 0.05) is 27.2 Å². The molecule has 2 rings (SSSR count). The van der Waals surface area contributed by atoms with E-state index in [1.165, 1.54) is 4.57 Å². The molecule has 6 nitrogen and oxygen atoms in total. The average molecular weight is 295 g/mol. The minimum atomic E-state index is -0.142. The fourth-order valence-electron chi connectivity index (χ4n) is 2.36. The molecule has 7 heteroatoms. The van der Waals surface area contributed by atoms with Gasteiger partial charge in [-0.3, -0.25) is 9.13 Å². The van der Waals surface area contributed by atoms with E-state index < -0.39 is 0 Å². The lowest BCUT2D eigenvalue weighted by molar-refractivity contribution is 0.292. The SMILES string of the molecule is CCN(CC)CCn1cnc2c1c(=S)n(C)c(=O)n2C. The van der Waals surface area contributed by atoms with Gasteiger partial charge in [-0.1, -0.05) is 26.1 Å². The molecular formula is C13H21N5OS. The monoisotopic (exact) mass is 295 g/mol. The molecule has 2 aromatic heterocycles. The van der Waals surface area contributed by atoms with Gasteiger partial charge < -0.3 is 9.47 Å². The van der Waals surface area contributed by atoms with Gasteiger partial charge in [0.15, 0.2) is 5.65 Å². The van der Waals surface area contributed by atoms with Crippen LogP contribution in [0.5, 0.6) is 0 Å². The van der Waals surface area contributed by atoms with Gasteiger partial charge in [-0.25, -0.2) is 9.78 Å². The number of imidazole rings is 1. The quantitative estimate of drug-likeness (QED) is 0.776. The second-order valence-electron chi connectivity index (χ2n) is 4.84. The molecule has 0 bridgehead atoms. The van der Waals surface area contributed by atoms with E-state index in [1.54, 1.807) is 25.0 Å². The van der Waals surface area contributed by atoms with Crippen LogP contribution in [0.25, 0.3) is 11.2 Å². The maximum absolute atomic E-state index is 12.0. The molecule has 0 saturated heterocycles. The number of rotatable bonds is 5. The van der Waals surface area contributed by atoms with Crippen LogP contribution in [0.4, 0.5) is 0 Å². The van der Waals surface area contributed by atoms with Gasteiger partial charge >= 0.3 is 5.69 Å². The van der Waals surface area contributed by atoms with Crippen molar-refractivity contribution >= 4 is 23.4 Å². The normalized spacial score (nSPS) is 11.7. The smallest absolute Gasteiger partial charge is 0.326 e. The molecule has 20 heavy (non-hydrogen) atoms. The van der Waals surface area contributed by atoms with Crippen molar-refractivity contribution in [2.45, 2.75) is 20.4 Å². The first-order valence-corrected chi connectivity index (χ1v) is 7.25. The molecule has 0 fully saturated rings.